The molecular formula is C23H21N2P. The molecule has 0 atom stereocenters. The molecule has 0 saturated carbocycles. The number of hydrogen-bond acceptors (Lipinski definition) is 2. The van der Waals surface area contributed by atoms with Gasteiger partial charge in [0.25, 0.3) is 0 Å². The van der Waals surface area contributed by atoms with Crippen LogP contribution in [0.5, 0.6) is 0 Å². The number of nitrogens with zero attached hydrogens (tertiary/aromatic N) is 2. The number of hydrogen-bond donors (Lipinski definition) is 0. The third kappa shape index (κ3) is 2.83. The zero-order valence-corrected chi connectivity index (χ0v) is 15.7. The van der Waals surface area contributed by atoms with E-state index in [9.17, 15) is 0 Å². The molecule has 4 rings (SSSR count). The Balaban J connectivity index is 2.12. The van der Waals surface area contributed by atoms with Gasteiger partial charge in [-0.1, -0.05) is 0 Å². The molecule has 128 valence electrons. The van der Waals surface area contributed by atoms with Gasteiger partial charge in [-0.25, -0.2) is 0 Å². The Morgan fingerprint density at radius 2 is 1.15 bits per heavy atom. The van der Waals surface area contributed by atoms with Crippen LogP contribution in [-0.4, -0.2) is 9.97 Å². The Labute approximate surface area is 154 Å². The first kappa shape index (κ1) is 16.6. The minimum atomic E-state index is -2.55. The van der Waals surface area contributed by atoms with Crippen LogP contribution in [0.25, 0.3) is 0 Å². The maximum atomic E-state index is 4.90. The van der Waals surface area contributed by atoms with E-state index in [0.29, 0.717) is 0 Å². The molecule has 0 saturated heterocycles. The normalized spacial score (nSPS) is 11.9. The molecule has 0 fully saturated rings. The summed E-state index contributed by atoms with van der Waals surface area (Å²) >= 11 is 0. The average molecular weight is 356 g/mol. The van der Waals surface area contributed by atoms with Crippen molar-refractivity contribution in [2.24, 2.45) is 0 Å². The molecule has 0 N–H and O–H groups in total. The van der Waals surface area contributed by atoms with Gasteiger partial charge in [-0.15, -0.1) is 0 Å². The first-order valence-electron chi connectivity index (χ1n) is 8.77. The van der Waals surface area contributed by atoms with Gasteiger partial charge in [0.05, 0.1) is 0 Å². The summed E-state index contributed by atoms with van der Waals surface area (Å²) in [5, 5.41) is 2.59. The van der Waals surface area contributed by atoms with Crippen LogP contribution < -0.4 is 21.5 Å². The van der Waals surface area contributed by atoms with Crippen LogP contribution in [0, 0.1) is 6.92 Å². The Morgan fingerprint density at radius 3 is 1.65 bits per heavy atom. The Kier molecular flexibility index (Phi) is 4.60. The topological polar surface area (TPSA) is 25.8 Å². The Hall–Kier alpha value is -2.83. The van der Waals surface area contributed by atoms with Crippen molar-refractivity contribution in [2.75, 3.05) is 0 Å². The zero-order valence-electron chi connectivity index (χ0n) is 14.7. The fraction of sp³-hybridized carbons (Fsp3) is 0.0435. The van der Waals surface area contributed by atoms with Gasteiger partial charge in [0, 0.05) is 0 Å². The molecule has 2 heterocycles. The van der Waals surface area contributed by atoms with Gasteiger partial charge in [-0.2, -0.15) is 0 Å². The van der Waals surface area contributed by atoms with Crippen molar-refractivity contribution < 1.29 is 0 Å². The first-order chi connectivity index (χ1) is 12.8. The van der Waals surface area contributed by atoms with Gasteiger partial charge in [0.15, 0.2) is 0 Å². The van der Waals surface area contributed by atoms with Crippen molar-refractivity contribution in [1.29, 1.82) is 0 Å². The predicted octanol–water partition coefficient (Wildman–Crippen LogP) is 3.14. The van der Waals surface area contributed by atoms with E-state index < -0.39 is 7.26 Å². The summed E-state index contributed by atoms with van der Waals surface area (Å²) in [5.41, 5.74) is 3.38. The molecule has 2 aromatic heterocycles. The monoisotopic (exact) mass is 356 g/mol. The molecule has 2 aromatic carbocycles. The number of aromatic nitrogens is 2. The average Bonchev–Trinajstić information content (AvgIpc) is 2.72. The van der Waals surface area contributed by atoms with Gasteiger partial charge in [-0.3, -0.25) is 0 Å². The van der Waals surface area contributed by atoms with E-state index in [1.807, 2.05) is 18.5 Å². The number of benzene rings is 2. The molecule has 0 radical (unpaired) electrons. The molecule has 4 aromatic rings. The van der Waals surface area contributed by atoms with Crippen molar-refractivity contribution in [1.82, 2.24) is 9.97 Å². The summed E-state index contributed by atoms with van der Waals surface area (Å²) in [4.78, 5) is 9.73. The Bertz CT molecular complexity index is 872. The quantitative estimate of drug-likeness (QED) is 0.525. The van der Waals surface area contributed by atoms with Crippen LogP contribution in [0.3, 0.4) is 0 Å². The Morgan fingerprint density at radius 1 is 0.577 bits per heavy atom. The predicted molar refractivity (Wildman–Crippen MR) is 113 cm³/mol. The van der Waals surface area contributed by atoms with Gasteiger partial charge in [0.1, 0.15) is 0 Å². The second kappa shape index (κ2) is 7.19. The summed E-state index contributed by atoms with van der Waals surface area (Å²) in [6, 6.07) is 32.0. The molecular weight excluding hydrogens is 335 g/mol. The van der Waals surface area contributed by atoms with E-state index in [1.54, 1.807) is 0 Å². The van der Waals surface area contributed by atoms with E-state index in [2.05, 4.69) is 91.9 Å². The standard InChI is InChI=1S/C23H21N2P/c1-19-15-16-23(25-18-19)26(20-10-4-2-5-11-20,21-12-6-3-7-13-21)22-14-8-9-17-24-22/h2-18,26H,1H3. The van der Waals surface area contributed by atoms with Crippen LogP contribution in [0.15, 0.2) is 103 Å². The van der Waals surface area contributed by atoms with E-state index in [1.165, 1.54) is 16.2 Å². The number of aryl methyl sites for hydroxylation is 1. The van der Waals surface area contributed by atoms with E-state index in [-0.39, 0.29) is 0 Å². The maximum absolute atomic E-state index is 4.90. The summed E-state index contributed by atoms with van der Waals surface area (Å²) in [7, 11) is -2.55. The summed E-state index contributed by atoms with van der Waals surface area (Å²) in [6.07, 6.45) is 3.85. The first-order valence-corrected chi connectivity index (χ1v) is 10.8. The molecule has 0 unspecified atom stereocenters. The summed E-state index contributed by atoms with van der Waals surface area (Å²) in [6.45, 7) is 2.08. The minimum absolute atomic E-state index is 1.11. The third-order valence-electron chi connectivity index (χ3n) is 4.76. The van der Waals surface area contributed by atoms with Crippen molar-refractivity contribution in [3.63, 3.8) is 0 Å². The molecule has 0 aliphatic carbocycles. The molecule has 3 heteroatoms. The van der Waals surface area contributed by atoms with E-state index in [0.717, 1.165) is 10.9 Å². The van der Waals surface area contributed by atoms with Gasteiger partial charge in [-0.05, 0) is 0 Å². The van der Waals surface area contributed by atoms with Crippen molar-refractivity contribution in [3.8, 4) is 0 Å². The third-order valence-corrected chi connectivity index (χ3v) is 9.29. The van der Waals surface area contributed by atoms with Gasteiger partial charge < -0.3 is 0 Å². The second-order valence-corrected chi connectivity index (χ2v) is 10.1. The fourth-order valence-corrected chi connectivity index (χ4v) is 7.91. The molecule has 0 aliphatic heterocycles. The van der Waals surface area contributed by atoms with Crippen molar-refractivity contribution >= 4 is 28.7 Å². The molecule has 0 bridgehead atoms. The summed E-state index contributed by atoms with van der Waals surface area (Å²) in [5.74, 6) is 0. The van der Waals surface area contributed by atoms with Crippen LogP contribution >= 0.6 is 7.26 Å². The van der Waals surface area contributed by atoms with Crippen molar-refractivity contribution in [2.45, 2.75) is 6.92 Å². The van der Waals surface area contributed by atoms with Crippen LogP contribution in [0.1, 0.15) is 5.56 Å². The van der Waals surface area contributed by atoms with E-state index >= 15 is 0 Å². The molecule has 0 amide bonds. The molecule has 26 heavy (non-hydrogen) atoms. The summed E-state index contributed by atoms with van der Waals surface area (Å²) < 4.78 is 0. The molecule has 0 spiro atoms. The van der Waals surface area contributed by atoms with Crippen LogP contribution in [0.2, 0.25) is 0 Å². The van der Waals surface area contributed by atoms with Crippen molar-refractivity contribution in [3.05, 3.63) is 109 Å². The van der Waals surface area contributed by atoms with Crippen LogP contribution in [-0.2, 0) is 0 Å². The molecule has 0 aliphatic rings. The van der Waals surface area contributed by atoms with Gasteiger partial charge in [0.2, 0.25) is 0 Å². The molecule has 2 nitrogen and oxygen atoms in total. The van der Waals surface area contributed by atoms with E-state index in [4.69, 9.17) is 9.97 Å². The second-order valence-electron chi connectivity index (χ2n) is 6.42. The fourth-order valence-electron chi connectivity index (χ4n) is 3.54. The van der Waals surface area contributed by atoms with Crippen LogP contribution in [0.4, 0.5) is 0 Å². The number of rotatable bonds is 4. The van der Waals surface area contributed by atoms with Gasteiger partial charge >= 0.3 is 155 Å². The zero-order chi connectivity index (χ0) is 17.8. The SMILES string of the molecule is Cc1ccc([PH](c2ccccc2)(c2ccccc2)c2ccccn2)nc1. The number of pyridine rings is 2.